The highest BCUT2D eigenvalue weighted by Crippen LogP contribution is 2.22. The number of likely N-dealkylation sites (tertiary alicyclic amines) is 1. The molecule has 1 aliphatic heterocycles. The van der Waals surface area contributed by atoms with Gasteiger partial charge in [-0.05, 0) is 75.0 Å². The summed E-state index contributed by atoms with van der Waals surface area (Å²) in [6, 6.07) is 15.2. The molecule has 0 spiro atoms. The van der Waals surface area contributed by atoms with Crippen molar-refractivity contribution in [1.29, 1.82) is 0 Å². The van der Waals surface area contributed by atoms with Crippen molar-refractivity contribution < 1.29 is 9.13 Å². The zero-order chi connectivity index (χ0) is 16.8. The molecule has 1 aliphatic rings. The van der Waals surface area contributed by atoms with Crippen LogP contribution >= 0.6 is 12.4 Å². The number of hydrogen-bond acceptors (Lipinski definition) is 2. The van der Waals surface area contributed by atoms with E-state index in [4.69, 9.17) is 4.74 Å². The molecule has 0 radical (unpaired) electrons. The maximum Gasteiger partial charge on any atom is 0.123 e. The van der Waals surface area contributed by atoms with E-state index in [1.54, 1.807) is 12.1 Å². The Morgan fingerprint density at radius 1 is 1.00 bits per heavy atom. The highest BCUT2D eigenvalue weighted by Gasteiger charge is 2.19. The molecule has 0 amide bonds. The number of benzene rings is 2. The Kier molecular flexibility index (Phi) is 7.73. The molecule has 1 saturated heterocycles. The average molecular weight is 364 g/mol. The van der Waals surface area contributed by atoms with E-state index >= 15 is 0 Å². The fourth-order valence-corrected chi connectivity index (χ4v) is 3.30. The van der Waals surface area contributed by atoms with E-state index in [2.05, 4.69) is 36.1 Å². The number of aryl methyl sites for hydroxylation is 1. The first-order valence-electron chi connectivity index (χ1n) is 8.85. The minimum absolute atomic E-state index is 0. The number of nitrogens with zero attached hydrogens (tertiary/aromatic N) is 1. The average Bonchev–Trinajstić information content (AvgIpc) is 2.60. The van der Waals surface area contributed by atoms with E-state index in [0.29, 0.717) is 6.61 Å². The number of ether oxygens (including phenoxy) is 1. The third-order valence-corrected chi connectivity index (χ3v) is 4.84. The SMILES string of the molecule is Cc1ccc(CC2CCN(CCOc3ccc(F)cc3)CC2)cc1.Cl. The van der Waals surface area contributed by atoms with Crippen LogP contribution in [-0.2, 0) is 6.42 Å². The van der Waals surface area contributed by atoms with E-state index in [-0.39, 0.29) is 18.2 Å². The van der Waals surface area contributed by atoms with E-state index in [0.717, 1.165) is 31.3 Å². The first kappa shape index (κ1) is 19.7. The Balaban J connectivity index is 0.00000225. The molecule has 0 bridgehead atoms. The molecule has 0 atom stereocenters. The van der Waals surface area contributed by atoms with Crippen LogP contribution in [0.5, 0.6) is 5.75 Å². The first-order chi connectivity index (χ1) is 11.7. The van der Waals surface area contributed by atoms with Gasteiger partial charge in [0.2, 0.25) is 0 Å². The topological polar surface area (TPSA) is 12.5 Å². The van der Waals surface area contributed by atoms with Crippen molar-refractivity contribution in [3.05, 3.63) is 65.5 Å². The Hall–Kier alpha value is -1.58. The molecule has 4 heteroatoms. The molecule has 0 unspecified atom stereocenters. The second-order valence-corrected chi connectivity index (χ2v) is 6.78. The Labute approximate surface area is 156 Å². The van der Waals surface area contributed by atoms with Gasteiger partial charge in [0.15, 0.2) is 0 Å². The van der Waals surface area contributed by atoms with Gasteiger partial charge in [-0.2, -0.15) is 0 Å². The third-order valence-electron chi connectivity index (χ3n) is 4.84. The predicted molar refractivity (Wildman–Crippen MR) is 103 cm³/mol. The van der Waals surface area contributed by atoms with Gasteiger partial charge in [-0.1, -0.05) is 29.8 Å². The van der Waals surface area contributed by atoms with Crippen molar-refractivity contribution >= 4 is 12.4 Å². The Morgan fingerprint density at radius 3 is 2.28 bits per heavy atom. The van der Waals surface area contributed by atoms with Gasteiger partial charge >= 0.3 is 0 Å². The lowest BCUT2D eigenvalue weighted by Gasteiger charge is -2.31. The molecule has 0 aliphatic carbocycles. The molecular weight excluding hydrogens is 337 g/mol. The van der Waals surface area contributed by atoms with Crippen molar-refractivity contribution in [1.82, 2.24) is 4.90 Å². The van der Waals surface area contributed by atoms with E-state index in [9.17, 15) is 4.39 Å². The monoisotopic (exact) mass is 363 g/mol. The van der Waals surface area contributed by atoms with Crippen LogP contribution in [-0.4, -0.2) is 31.1 Å². The standard InChI is InChI=1S/C21H26FNO.ClH/c1-17-2-4-18(5-3-17)16-19-10-12-23(13-11-19)14-15-24-21-8-6-20(22)7-9-21;/h2-9,19H,10-16H2,1H3;1H. The number of halogens is 2. The highest BCUT2D eigenvalue weighted by atomic mass is 35.5. The molecule has 0 saturated carbocycles. The maximum absolute atomic E-state index is 12.8. The van der Waals surface area contributed by atoms with E-state index in [1.165, 1.54) is 42.5 Å². The minimum atomic E-state index is -0.224. The molecule has 3 rings (SSSR count). The van der Waals surface area contributed by atoms with Crippen LogP contribution in [0.4, 0.5) is 4.39 Å². The van der Waals surface area contributed by atoms with Crippen molar-refractivity contribution in [2.45, 2.75) is 26.2 Å². The second-order valence-electron chi connectivity index (χ2n) is 6.78. The fraction of sp³-hybridized carbons (Fsp3) is 0.429. The van der Waals surface area contributed by atoms with Gasteiger partial charge in [0.1, 0.15) is 18.2 Å². The quantitative estimate of drug-likeness (QED) is 0.724. The van der Waals surface area contributed by atoms with Gasteiger partial charge in [0, 0.05) is 6.54 Å². The molecule has 136 valence electrons. The van der Waals surface area contributed by atoms with Crippen molar-refractivity contribution in [2.24, 2.45) is 5.92 Å². The molecule has 2 aromatic carbocycles. The Bertz CT molecular complexity index is 621. The highest BCUT2D eigenvalue weighted by molar-refractivity contribution is 5.85. The summed E-state index contributed by atoms with van der Waals surface area (Å²) in [5.74, 6) is 1.31. The first-order valence-corrected chi connectivity index (χ1v) is 8.85. The lowest BCUT2D eigenvalue weighted by molar-refractivity contribution is 0.155. The molecule has 1 fully saturated rings. The maximum atomic E-state index is 12.8. The van der Waals surface area contributed by atoms with E-state index < -0.39 is 0 Å². The van der Waals surface area contributed by atoms with Crippen molar-refractivity contribution in [3.63, 3.8) is 0 Å². The molecular formula is C21H27ClFNO. The summed E-state index contributed by atoms with van der Waals surface area (Å²) in [4.78, 5) is 2.47. The van der Waals surface area contributed by atoms with Gasteiger partial charge < -0.3 is 4.74 Å². The summed E-state index contributed by atoms with van der Waals surface area (Å²) in [5, 5.41) is 0. The van der Waals surface area contributed by atoms with Crippen LogP contribution in [0.1, 0.15) is 24.0 Å². The molecule has 1 heterocycles. The van der Waals surface area contributed by atoms with Crippen LogP contribution in [0.15, 0.2) is 48.5 Å². The molecule has 0 aromatic heterocycles. The van der Waals surface area contributed by atoms with Crippen LogP contribution in [0.25, 0.3) is 0 Å². The molecule has 2 nitrogen and oxygen atoms in total. The van der Waals surface area contributed by atoms with Crippen LogP contribution in [0.2, 0.25) is 0 Å². The zero-order valence-electron chi connectivity index (χ0n) is 14.8. The summed E-state index contributed by atoms with van der Waals surface area (Å²) in [5.41, 5.74) is 2.79. The van der Waals surface area contributed by atoms with Gasteiger partial charge in [-0.3, -0.25) is 4.90 Å². The lowest BCUT2D eigenvalue weighted by Crippen LogP contribution is -2.37. The molecule has 25 heavy (non-hydrogen) atoms. The largest absolute Gasteiger partial charge is 0.492 e. The van der Waals surface area contributed by atoms with Gasteiger partial charge in [-0.25, -0.2) is 4.39 Å². The Morgan fingerprint density at radius 2 is 1.64 bits per heavy atom. The van der Waals surface area contributed by atoms with Gasteiger partial charge in [-0.15, -0.1) is 12.4 Å². The minimum Gasteiger partial charge on any atom is -0.492 e. The summed E-state index contributed by atoms with van der Waals surface area (Å²) in [7, 11) is 0. The summed E-state index contributed by atoms with van der Waals surface area (Å²) in [6.45, 7) is 6.02. The zero-order valence-corrected chi connectivity index (χ0v) is 15.6. The number of piperidine rings is 1. The molecule has 2 aromatic rings. The van der Waals surface area contributed by atoms with Crippen LogP contribution in [0, 0.1) is 18.7 Å². The predicted octanol–water partition coefficient (Wildman–Crippen LogP) is 4.89. The van der Waals surface area contributed by atoms with Gasteiger partial charge in [0.25, 0.3) is 0 Å². The molecule has 0 N–H and O–H groups in total. The van der Waals surface area contributed by atoms with Crippen LogP contribution < -0.4 is 4.74 Å². The van der Waals surface area contributed by atoms with Crippen molar-refractivity contribution in [2.75, 3.05) is 26.2 Å². The van der Waals surface area contributed by atoms with Crippen LogP contribution in [0.3, 0.4) is 0 Å². The van der Waals surface area contributed by atoms with Gasteiger partial charge in [0.05, 0.1) is 0 Å². The smallest absolute Gasteiger partial charge is 0.123 e. The normalized spacial score (nSPS) is 15.6. The summed E-state index contributed by atoms with van der Waals surface area (Å²) < 4.78 is 18.5. The van der Waals surface area contributed by atoms with E-state index in [1.807, 2.05) is 0 Å². The second kappa shape index (κ2) is 9.79. The number of hydrogen-bond donors (Lipinski definition) is 0. The summed E-state index contributed by atoms with van der Waals surface area (Å²) in [6.07, 6.45) is 3.70. The van der Waals surface area contributed by atoms with Crippen molar-refractivity contribution in [3.8, 4) is 5.75 Å². The third kappa shape index (κ3) is 6.33. The summed E-state index contributed by atoms with van der Waals surface area (Å²) >= 11 is 0. The number of rotatable bonds is 6. The fourth-order valence-electron chi connectivity index (χ4n) is 3.30. The lowest BCUT2D eigenvalue weighted by atomic mass is 9.90.